The van der Waals surface area contributed by atoms with Crippen LogP contribution >= 0.6 is 0 Å². The summed E-state index contributed by atoms with van der Waals surface area (Å²) in [7, 11) is 0. The van der Waals surface area contributed by atoms with Gasteiger partial charge in [-0.25, -0.2) is 5.57 Å². The molecule has 212 valence electrons. The van der Waals surface area contributed by atoms with E-state index in [9.17, 15) is 0 Å². The van der Waals surface area contributed by atoms with E-state index in [0.29, 0.717) is 5.92 Å². The molecule has 3 aromatic rings. The summed E-state index contributed by atoms with van der Waals surface area (Å²) < 4.78 is 1.80. The predicted octanol–water partition coefficient (Wildman–Crippen LogP) is 10.8. The summed E-state index contributed by atoms with van der Waals surface area (Å²) in [6.45, 7) is 17.9. The van der Waals surface area contributed by atoms with Gasteiger partial charge in [-0.3, -0.25) is 6.08 Å². The van der Waals surface area contributed by atoms with Gasteiger partial charge in [-0.15, -0.1) is 16.7 Å². The number of benzene rings is 3. The van der Waals surface area contributed by atoms with Crippen LogP contribution in [0, 0.1) is 18.1 Å². The second-order valence-electron chi connectivity index (χ2n) is 14.0. The molecular weight excluding hydrogens is 572 g/mol. The molecule has 6 rings (SSSR count). The maximum absolute atomic E-state index is 3.67. The topological polar surface area (TPSA) is 0 Å². The number of hydrogen-bond acceptors (Lipinski definition) is 0. The third kappa shape index (κ3) is 8.48. The van der Waals surface area contributed by atoms with Crippen LogP contribution in [0.1, 0.15) is 115 Å². The quantitative estimate of drug-likeness (QED) is 0.186. The van der Waals surface area contributed by atoms with Gasteiger partial charge < -0.3 is 0 Å². The summed E-state index contributed by atoms with van der Waals surface area (Å²) in [6, 6.07) is 25.7. The van der Waals surface area contributed by atoms with Crippen molar-refractivity contribution in [1.29, 1.82) is 0 Å². The monoisotopic (exact) mass is 618 g/mol. The third-order valence-corrected chi connectivity index (χ3v) is 9.50. The van der Waals surface area contributed by atoms with E-state index in [-0.39, 0.29) is 10.8 Å². The van der Waals surface area contributed by atoms with Crippen LogP contribution in [0.3, 0.4) is 0 Å². The first-order valence-electron chi connectivity index (χ1n) is 15.5. The molecule has 0 heterocycles. The Bertz CT molecular complexity index is 1350. The van der Waals surface area contributed by atoms with Crippen LogP contribution in [-0.4, -0.2) is 3.21 Å². The van der Waals surface area contributed by atoms with E-state index >= 15 is 0 Å². The fourth-order valence-electron chi connectivity index (χ4n) is 5.77. The van der Waals surface area contributed by atoms with Crippen molar-refractivity contribution in [2.75, 3.05) is 0 Å². The molecule has 0 saturated heterocycles. The summed E-state index contributed by atoms with van der Waals surface area (Å²) in [5.41, 5.74) is 12.6. The van der Waals surface area contributed by atoms with Crippen molar-refractivity contribution in [2.24, 2.45) is 5.92 Å². The van der Waals surface area contributed by atoms with Gasteiger partial charge in [0, 0.05) is 0 Å². The van der Waals surface area contributed by atoms with Gasteiger partial charge in [0.2, 0.25) is 0 Å². The van der Waals surface area contributed by atoms with Crippen molar-refractivity contribution in [3.63, 3.8) is 0 Å². The van der Waals surface area contributed by atoms with Gasteiger partial charge in [-0.05, 0) is 28.4 Å². The molecule has 0 nitrogen and oxygen atoms in total. The van der Waals surface area contributed by atoms with Gasteiger partial charge >= 0.3 is 59.5 Å². The van der Waals surface area contributed by atoms with E-state index < -0.39 is 0 Å². The number of allylic oxidation sites excluding steroid dienone is 4. The molecule has 1 heteroatoms. The molecule has 0 aromatic heterocycles. The molecule has 1 atom stereocenters. The van der Waals surface area contributed by atoms with Crippen molar-refractivity contribution in [3.05, 3.63) is 112 Å². The Morgan fingerprint density at radius 3 is 1.98 bits per heavy atom. The fraction of sp³-hybridized carbons (Fsp3) is 0.425. The molecule has 1 unspecified atom stereocenters. The van der Waals surface area contributed by atoms with E-state index in [1.54, 1.807) is 27.4 Å². The Hall–Kier alpha value is -2.11. The van der Waals surface area contributed by atoms with Crippen molar-refractivity contribution >= 4 is 8.78 Å². The molecule has 1 saturated carbocycles. The van der Waals surface area contributed by atoms with Gasteiger partial charge in [-0.1, -0.05) is 115 Å². The van der Waals surface area contributed by atoms with Crippen LogP contribution in [0.4, 0.5) is 0 Å². The Labute approximate surface area is 265 Å². The molecule has 0 aliphatic heterocycles. The number of fused-ring (bicyclic) bond motifs is 3. The molecule has 0 spiro atoms. The average Bonchev–Trinajstić information content (AvgIpc) is 3.47. The van der Waals surface area contributed by atoms with Crippen molar-refractivity contribution in [3.8, 4) is 11.1 Å². The minimum absolute atomic E-state index is 0.167. The zero-order chi connectivity index (χ0) is 29.8. The Kier molecular flexibility index (Phi) is 10.4. The van der Waals surface area contributed by atoms with Gasteiger partial charge in [0.15, 0.2) is 0 Å². The molecule has 0 amide bonds. The third-order valence-electron chi connectivity index (χ3n) is 8.27. The first kappa shape index (κ1) is 31.8. The van der Waals surface area contributed by atoms with Crippen LogP contribution < -0.4 is 0 Å². The summed E-state index contributed by atoms with van der Waals surface area (Å²) in [5.74, 6) is 0.468. The summed E-state index contributed by atoms with van der Waals surface area (Å²) >= 11 is 1.69. The Morgan fingerprint density at radius 2 is 1.44 bits per heavy atom. The fourth-order valence-corrected chi connectivity index (χ4v) is 6.64. The van der Waals surface area contributed by atoms with Crippen LogP contribution in [0.5, 0.6) is 0 Å². The molecule has 0 bridgehead atoms. The van der Waals surface area contributed by atoms with Gasteiger partial charge in [0.05, 0.1) is 0 Å². The van der Waals surface area contributed by atoms with Gasteiger partial charge in [-0.2, -0.15) is 35.4 Å². The average molecular weight is 620 g/mol. The molecule has 0 N–H and O–H groups in total. The van der Waals surface area contributed by atoms with E-state index in [4.69, 9.17) is 0 Å². The van der Waals surface area contributed by atoms with Crippen LogP contribution in [0.15, 0.2) is 72.3 Å². The molecule has 3 aliphatic carbocycles. The van der Waals surface area contributed by atoms with E-state index in [1.165, 1.54) is 82.2 Å². The first-order chi connectivity index (χ1) is 19.3. The summed E-state index contributed by atoms with van der Waals surface area (Å²) in [5, 5.41) is 0. The molecular formula is C40H48Zr. The van der Waals surface area contributed by atoms with Crippen molar-refractivity contribution < 1.29 is 24.2 Å². The van der Waals surface area contributed by atoms with E-state index in [2.05, 4.69) is 128 Å². The normalized spacial score (nSPS) is 17.8. The second kappa shape index (κ2) is 13.5. The molecule has 1 fully saturated rings. The molecule has 41 heavy (non-hydrogen) atoms. The summed E-state index contributed by atoms with van der Waals surface area (Å²) in [4.78, 5) is 0. The number of hydrogen-bond donors (Lipinski definition) is 0. The molecule has 0 radical (unpaired) electrons. The zero-order valence-electron chi connectivity index (χ0n) is 26.7. The molecule has 3 aliphatic rings. The predicted molar refractivity (Wildman–Crippen MR) is 175 cm³/mol. The van der Waals surface area contributed by atoms with Crippen molar-refractivity contribution in [1.82, 2.24) is 0 Å². The van der Waals surface area contributed by atoms with Crippen LogP contribution in [-0.2, 0) is 41.5 Å². The molecule has 3 aromatic carbocycles. The van der Waals surface area contributed by atoms with Crippen LogP contribution in [0.25, 0.3) is 16.7 Å². The SMILES string of the molecule is CC(C)(C)c1[c-]c2c(cc1)-c1ccc(C(C)(C)C)cc1C2.CC1=[C-]C(C)C=C1c1ccccc1.[Zr+2]=[C]1CCCCC1. The first-order valence-corrected chi connectivity index (χ1v) is 16.7. The van der Waals surface area contributed by atoms with E-state index in [1.807, 2.05) is 6.07 Å². The number of rotatable bonds is 1. The Balaban J connectivity index is 0.000000163. The zero-order valence-corrected chi connectivity index (χ0v) is 29.1. The van der Waals surface area contributed by atoms with Gasteiger partial charge in [0.25, 0.3) is 0 Å². The van der Waals surface area contributed by atoms with Gasteiger partial charge in [0.1, 0.15) is 0 Å². The maximum atomic E-state index is 3.67. The Morgan fingerprint density at radius 1 is 0.780 bits per heavy atom. The summed E-state index contributed by atoms with van der Waals surface area (Å²) in [6.07, 6.45) is 14.0. The minimum atomic E-state index is 0.167. The standard InChI is InChI=1S/C21H25.C13H13.C6H10.Zr/c1-20(2,3)16-7-9-18-14(12-16)11-15-13-17(21(4,5)6)8-10-19(15)18;1-10-8-11(2)13(9-10)12-6-4-3-5-7-12;1-2-4-6-5-3-1;/h7-10,12H,11H2,1-6H3;3-7,9-10H,1-2H3;1-5H2;/q2*-1;;+2. The van der Waals surface area contributed by atoms with Crippen LogP contribution in [0.2, 0.25) is 0 Å². The van der Waals surface area contributed by atoms with Crippen molar-refractivity contribution in [2.45, 2.75) is 105 Å². The van der Waals surface area contributed by atoms with E-state index in [0.717, 1.165) is 6.42 Å². The second-order valence-corrected chi connectivity index (χ2v) is 15.7.